The second-order valence-electron chi connectivity index (χ2n) is 6.56. The van der Waals surface area contributed by atoms with Crippen LogP contribution in [0.15, 0.2) is 30.5 Å². The first kappa shape index (κ1) is 24.7. The minimum Gasteiger partial charge on any atom is -0.339 e. The van der Waals surface area contributed by atoms with Crippen LogP contribution >= 0.6 is 59.8 Å². The molecule has 3 nitrogen and oxygen atoms in total. The molecule has 0 spiro atoms. The van der Waals surface area contributed by atoms with Crippen molar-refractivity contribution >= 4 is 71.3 Å². The summed E-state index contributed by atoms with van der Waals surface area (Å²) in [6.07, 6.45) is 2.00. The summed E-state index contributed by atoms with van der Waals surface area (Å²) >= 11 is 14.3. The van der Waals surface area contributed by atoms with E-state index < -0.39 is 0 Å². The van der Waals surface area contributed by atoms with Crippen molar-refractivity contribution in [1.29, 1.82) is 0 Å². The molecule has 2 heterocycles. The molecule has 3 rings (SSSR count). The minimum atomic E-state index is 0. The standard InChI is InChI=1S/C19H23Cl2N3S.2ClH/c1-13(2)16-10-19(23-18-4-3-15(20)9-17(18)21)22-11-14(16)12-24-5-7-25-8-6-24;;/h3-4,9-11,13H,5-8,12H2,1-2H3,(H,22,23);2*1H. The molecule has 0 atom stereocenters. The summed E-state index contributed by atoms with van der Waals surface area (Å²) in [5, 5.41) is 4.53. The molecule has 0 saturated carbocycles. The normalized spacial score (nSPS) is 14.4. The fourth-order valence-corrected chi connectivity index (χ4v) is 4.40. The summed E-state index contributed by atoms with van der Waals surface area (Å²) in [7, 11) is 0. The number of hydrogen-bond acceptors (Lipinski definition) is 4. The second-order valence-corrected chi connectivity index (χ2v) is 8.63. The van der Waals surface area contributed by atoms with Crippen LogP contribution < -0.4 is 5.32 Å². The molecule has 8 heteroatoms. The summed E-state index contributed by atoms with van der Waals surface area (Å²) in [6, 6.07) is 7.57. The van der Waals surface area contributed by atoms with Gasteiger partial charge in [-0.05, 0) is 41.3 Å². The average Bonchev–Trinajstić information content (AvgIpc) is 2.59. The van der Waals surface area contributed by atoms with Gasteiger partial charge in [0.15, 0.2) is 0 Å². The Hall–Kier alpha value is -0.360. The SMILES string of the molecule is CC(C)c1cc(Nc2ccc(Cl)cc2Cl)ncc1CN1CCSCC1.Cl.Cl. The molecule has 1 aliphatic heterocycles. The van der Waals surface area contributed by atoms with Crippen LogP contribution in [0.4, 0.5) is 11.5 Å². The number of benzene rings is 1. The second kappa shape index (κ2) is 11.6. The number of hydrogen-bond donors (Lipinski definition) is 1. The van der Waals surface area contributed by atoms with Gasteiger partial charge in [0.1, 0.15) is 5.82 Å². The van der Waals surface area contributed by atoms with Crippen molar-refractivity contribution in [1.82, 2.24) is 9.88 Å². The molecule has 0 radical (unpaired) electrons. The van der Waals surface area contributed by atoms with E-state index in [2.05, 4.69) is 35.1 Å². The fraction of sp³-hybridized carbons (Fsp3) is 0.421. The number of pyridine rings is 1. The third-order valence-electron chi connectivity index (χ3n) is 4.34. The largest absolute Gasteiger partial charge is 0.339 e. The highest BCUT2D eigenvalue weighted by molar-refractivity contribution is 7.99. The molecule has 1 aromatic heterocycles. The van der Waals surface area contributed by atoms with Crippen molar-refractivity contribution in [3.05, 3.63) is 51.6 Å². The van der Waals surface area contributed by atoms with E-state index in [1.165, 1.54) is 22.6 Å². The molecule has 1 fully saturated rings. The molecular formula is C19H25Cl4N3S. The Morgan fingerprint density at radius 2 is 1.85 bits per heavy atom. The molecule has 0 bridgehead atoms. The van der Waals surface area contributed by atoms with Gasteiger partial charge in [0.2, 0.25) is 0 Å². The highest BCUT2D eigenvalue weighted by Crippen LogP contribution is 2.30. The van der Waals surface area contributed by atoms with E-state index in [0.29, 0.717) is 16.0 Å². The molecule has 1 N–H and O–H groups in total. The lowest BCUT2D eigenvalue weighted by Crippen LogP contribution is -2.32. The minimum absolute atomic E-state index is 0. The predicted molar refractivity (Wildman–Crippen MR) is 125 cm³/mol. The lowest BCUT2D eigenvalue weighted by atomic mass is 9.98. The lowest BCUT2D eigenvalue weighted by Gasteiger charge is -2.27. The maximum Gasteiger partial charge on any atom is 0.130 e. The predicted octanol–water partition coefficient (Wildman–Crippen LogP) is 6.65. The van der Waals surface area contributed by atoms with E-state index in [9.17, 15) is 0 Å². The first-order chi connectivity index (χ1) is 12.0. The Morgan fingerprint density at radius 1 is 1.15 bits per heavy atom. The van der Waals surface area contributed by atoms with Crippen LogP contribution in [0.5, 0.6) is 0 Å². The summed E-state index contributed by atoms with van der Waals surface area (Å²) in [5.41, 5.74) is 3.46. The molecule has 0 aliphatic carbocycles. The third kappa shape index (κ3) is 6.88. The van der Waals surface area contributed by atoms with Crippen molar-refractivity contribution in [3.8, 4) is 0 Å². The molecule has 1 aromatic carbocycles. The summed E-state index contributed by atoms with van der Waals surface area (Å²) in [6.45, 7) is 7.74. The molecule has 0 amide bonds. The van der Waals surface area contributed by atoms with Crippen molar-refractivity contribution in [2.24, 2.45) is 0 Å². The zero-order valence-corrected chi connectivity index (χ0v) is 19.3. The van der Waals surface area contributed by atoms with Crippen LogP contribution in [0.2, 0.25) is 10.0 Å². The Kier molecular flexibility index (Phi) is 10.6. The van der Waals surface area contributed by atoms with E-state index >= 15 is 0 Å². The van der Waals surface area contributed by atoms with E-state index in [1.54, 1.807) is 6.07 Å². The van der Waals surface area contributed by atoms with E-state index in [0.717, 1.165) is 31.1 Å². The van der Waals surface area contributed by atoms with Crippen LogP contribution in [0.25, 0.3) is 0 Å². The lowest BCUT2D eigenvalue weighted by molar-refractivity contribution is 0.293. The molecule has 1 aliphatic rings. The van der Waals surface area contributed by atoms with Crippen LogP contribution in [0.3, 0.4) is 0 Å². The van der Waals surface area contributed by atoms with Crippen LogP contribution in [0, 0.1) is 0 Å². The van der Waals surface area contributed by atoms with Crippen molar-refractivity contribution in [2.75, 3.05) is 29.9 Å². The Bertz CT molecular complexity index is 737. The first-order valence-electron chi connectivity index (χ1n) is 8.54. The number of nitrogens with zero attached hydrogens (tertiary/aromatic N) is 2. The number of anilines is 2. The summed E-state index contributed by atoms with van der Waals surface area (Å²) in [4.78, 5) is 7.13. The Balaban J connectivity index is 0.00000182. The number of rotatable bonds is 5. The monoisotopic (exact) mass is 467 g/mol. The van der Waals surface area contributed by atoms with Crippen molar-refractivity contribution < 1.29 is 0 Å². The Morgan fingerprint density at radius 3 is 2.48 bits per heavy atom. The van der Waals surface area contributed by atoms with Crippen molar-refractivity contribution in [2.45, 2.75) is 26.3 Å². The summed E-state index contributed by atoms with van der Waals surface area (Å²) < 4.78 is 0. The molecule has 150 valence electrons. The van der Waals surface area contributed by atoms with Crippen LogP contribution in [-0.4, -0.2) is 34.5 Å². The highest BCUT2D eigenvalue weighted by atomic mass is 35.5. The van der Waals surface area contributed by atoms with Gasteiger partial charge in [-0.15, -0.1) is 24.8 Å². The average molecular weight is 469 g/mol. The topological polar surface area (TPSA) is 28.2 Å². The maximum absolute atomic E-state index is 6.26. The maximum atomic E-state index is 6.26. The third-order valence-corrected chi connectivity index (χ3v) is 5.83. The first-order valence-corrected chi connectivity index (χ1v) is 10.4. The molecular weight excluding hydrogens is 444 g/mol. The van der Waals surface area contributed by atoms with Gasteiger partial charge in [-0.3, -0.25) is 4.90 Å². The van der Waals surface area contributed by atoms with Crippen LogP contribution in [0.1, 0.15) is 30.9 Å². The number of aromatic nitrogens is 1. The van der Waals surface area contributed by atoms with Gasteiger partial charge in [-0.1, -0.05) is 37.0 Å². The molecule has 27 heavy (non-hydrogen) atoms. The quantitative estimate of drug-likeness (QED) is 0.531. The van der Waals surface area contributed by atoms with Gasteiger partial charge >= 0.3 is 0 Å². The molecule has 0 unspecified atom stereocenters. The van der Waals surface area contributed by atoms with Gasteiger partial charge in [0, 0.05) is 42.4 Å². The number of thioether (sulfide) groups is 1. The summed E-state index contributed by atoms with van der Waals surface area (Å²) in [5.74, 6) is 3.70. The van der Waals surface area contributed by atoms with E-state index in [-0.39, 0.29) is 24.8 Å². The van der Waals surface area contributed by atoms with Gasteiger partial charge in [0.25, 0.3) is 0 Å². The van der Waals surface area contributed by atoms with Crippen molar-refractivity contribution in [3.63, 3.8) is 0 Å². The van der Waals surface area contributed by atoms with Gasteiger partial charge in [-0.2, -0.15) is 11.8 Å². The van der Waals surface area contributed by atoms with Gasteiger partial charge < -0.3 is 5.32 Å². The number of nitrogens with one attached hydrogen (secondary N) is 1. The Labute approximate surface area is 188 Å². The highest BCUT2D eigenvalue weighted by Gasteiger charge is 2.15. The van der Waals surface area contributed by atoms with Crippen LogP contribution in [-0.2, 0) is 6.54 Å². The molecule has 2 aromatic rings. The fourth-order valence-electron chi connectivity index (χ4n) is 2.97. The van der Waals surface area contributed by atoms with Gasteiger partial charge in [0.05, 0.1) is 10.7 Å². The zero-order chi connectivity index (χ0) is 17.8. The smallest absolute Gasteiger partial charge is 0.130 e. The zero-order valence-electron chi connectivity index (χ0n) is 15.4. The number of halogens is 4. The van der Waals surface area contributed by atoms with E-state index in [1.807, 2.05) is 30.1 Å². The van der Waals surface area contributed by atoms with E-state index in [4.69, 9.17) is 23.2 Å². The van der Waals surface area contributed by atoms with Gasteiger partial charge in [-0.25, -0.2) is 4.98 Å². The molecule has 1 saturated heterocycles.